The van der Waals surface area contributed by atoms with E-state index in [0.717, 1.165) is 6.54 Å². The van der Waals surface area contributed by atoms with Crippen molar-refractivity contribution >= 4 is 0 Å². The average molecular weight is 233 g/mol. The molecule has 1 unspecified atom stereocenters. The van der Waals surface area contributed by atoms with E-state index in [-0.39, 0.29) is 0 Å². The van der Waals surface area contributed by atoms with E-state index in [4.69, 9.17) is 4.74 Å². The first-order chi connectivity index (χ1) is 8.26. The van der Waals surface area contributed by atoms with E-state index in [1.807, 2.05) is 6.92 Å². The van der Waals surface area contributed by atoms with Gasteiger partial charge in [0.1, 0.15) is 17.5 Å². The van der Waals surface area contributed by atoms with Gasteiger partial charge in [0.05, 0.1) is 13.3 Å². The summed E-state index contributed by atoms with van der Waals surface area (Å²) in [4.78, 5) is 4.15. The van der Waals surface area contributed by atoms with E-state index in [2.05, 4.69) is 10.1 Å². The van der Waals surface area contributed by atoms with Gasteiger partial charge in [0.25, 0.3) is 0 Å². The molecule has 0 bridgehead atoms. The molecule has 0 aliphatic rings. The van der Waals surface area contributed by atoms with Crippen molar-refractivity contribution < 1.29 is 9.84 Å². The molecule has 5 nitrogen and oxygen atoms in total. The summed E-state index contributed by atoms with van der Waals surface area (Å²) in [6.45, 7) is 2.76. The average Bonchev–Trinajstić information content (AvgIpc) is 2.86. The Morgan fingerprint density at radius 1 is 1.53 bits per heavy atom. The number of aliphatic hydroxyl groups excluding tert-OH is 1. The lowest BCUT2D eigenvalue weighted by molar-refractivity contribution is 0.209. The number of aryl methyl sites for hydroxylation is 1. The minimum atomic E-state index is -0.813. The summed E-state index contributed by atoms with van der Waals surface area (Å²) in [6.07, 6.45) is 4.26. The highest BCUT2D eigenvalue weighted by Crippen LogP contribution is 2.27. The van der Waals surface area contributed by atoms with Gasteiger partial charge >= 0.3 is 0 Å². The first-order valence-electron chi connectivity index (χ1n) is 5.45. The molecular weight excluding hydrogens is 218 g/mol. The Morgan fingerprint density at radius 3 is 3.00 bits per heavy atom. The summed E-state index contributed by atoms with van der Waals surface area (Å²) in [7, 11) is 1.56. The van der Waals surface area contributed by atoms with E-state index in [1.54, 1.807) is 42.5 Å². The summed E-state index contributed by atoms with van der Waals surface area (Å²) in [5.41, 5.74) is 1.22. The number of pyridine rings is 1. The summed E-state index contributed by atoms with van der Waals surface area (Å²) in [5.74, 6) is 0.573. The zero-order valence-electron chi connectivity index (χ0n) is 9.87. The Kier molecular flexibility index (Phi) is 3.39. The van der Waals surface area contributed by atoms with E-state index < -0.39 is 6.10 Å². The zero-order chi connectivity index (χ0) is 12.3. The number of ether oxygens (including phenoxy) is 1. The Morgan fingerprint density at radius 2 is 2.35 bits per heavy atom. The van der Waals surface area contributed by atoms with Crippen molar-refractivity contribution in [1.29, 1.82) is 0 Å². The van der Waals surface area contributed by atoms with Crippen molar-refractivity contribution in [1.82, 2.24) is 14.8 Å². The Balaban J connectivity index is 2.32. The normalized spacial score (nSPS) is 12.4. The second-order valence-electron chi connectivity index (χ2n) is 3.62. The van der Waals surface area contributed by atoms with Crippen LogP contribution in [-0.4, -0.2) is 27.0 Å². The quantitative estimate of drug-likeness (QED) is 0.866. The van der Waals surface area contributed by atoms with Crippen LogP contribution in [0.3, 0.4) is 0 Å². The van der Waals surface area contributed by atoms with Gasteiger partial charge in [-0.1, -0.05) is 0 Å². The SMILES string of the molecule is CCn1cc(C(O)c2ncccc2OC)cn1. The Bertz CT molecular complexity index is 496. The fraction of sp³-hybridized carbons (Fsp3) is 0.333. The van der Waals surface area contributed by atoms with Crippen LogP contribution in [0.1, 0.15) is 24.3 Å². The molecule has 0 fully saturated rings. The van der Waals surface area contributed by atoms with Gasteiger partial charge in [0, 0.05) is 24.5 Å². The molecule has 1 atom stereocenters. The van der Waals surface area contributed by atoms with Crippen molar-refractivity contribution in [3.63, 3.8) is 0 Å². The van der Waals surface area contributed by atoms with Crippen LogP contribution in [-0.2, 0) is 6.54 Å². The predicted octanol–water partition coefficient (Wildman–Crippen LogP) is 1.39. The lowest BCUT2D eigenvalue weighted by Crippen LogP contribution is -2.04. The maximum absolute atomic E-state index is 10.2. The Hall–Kier alpha value is -1.88. The second kappa shape index (κ2) is 4.97. The number of hydrogen-bond acceptors (Lipinski definition) is 4. The summed E-state index contributed by atoms with van der Waals surface area (Å²) in [6, 6.07) is 3.54. The fourth-order valence-corrected chi connectivity index (χ4v) is 1.63. The monoisotopic (exact) mass is 233 g/mol. The highest BCUT2D eigenvalue weighted by Gasteiger charge is 2.18. The second-order valence-corrected chi connectivity index (χ2v) is 3.62. The first-order valence-corrected chi connectivity index (χ1v) is 5.45. The van der Waals surface area contributed by atoms with Crippen LogP contribution in [0.2, 0.25) is 0 Å². The van der Waals surface area contributed by atoms with Crippen LogP contribution < -0.4 is 4.74 Å². The molecule has 0 amide bonds. The van der Waals surface area contributed by atoms with Gasteiger partial charge in [-0.2, -0.15) is 5.10 Å². The van der Waals surface area contributed by atoms with Gasteiger partial charge in [-0.25, -0.2) is 0 Å². The van der Waals surface area contributed by atoms with E-state index in [0.29, 0.717) is 17.0 Å². The molecule has 5 heteroatoms. The van der Waals surface area contributed by atoms with Crippen LogP contribution in [0, 0.1) is 0 Å². The molecule has 0 spiro atoms. The molecule has 0 aromatic carbocycles. The van der Waals surface area contributed by atoms with Crippen molar-refractivity contribution in [2.75, 3.05) is 7.11 Å². The van der Waals surface area contributed by atoms with E-state index in [1.165, 1.54) is 0 Å². The molecular formula is C12H15N3O2. The number of hydrogen-bond donors (Lipinski definition) is 1. The minimum absolute atomic E-state index is 0.505. The molecule has 17 heavy (non-hydrogen) atoms. The van der Waals surface area contributed by atoms with Gasteiger partial charge in [-0.05, 0) is 19.1 Å². The lowest BCUT2D eigenvalue weighted by Gasteiger charge is -2.11. The summed E-state index contributed by atoms with van der Waals surface area (Å²) >= 11 is 0. The van der Waals surface area contributed by atoms with Crippen molar-refractivity contribution in [2.24, 2.45) is 0 Å². The van der Waals surface area contributed by atoms with Gasteiger partial charge in [0.2, 0.25) is 0 Å². The lowest BCUT2D eigenvalue weighted by atomic mass is 10.1. The topological polar surface area (TPSA) is 60.2 Å². The maximum atomic E-state index is 10.2. The van der Waals surface area contributed by atoms with E-state index in [9.17, 15) is 5.11 Å². The number of methoxy groups -OCH3 is 1. The minimum Gasteiger partial charge on any atom is -0.495 e. The van der Waals surface area contributed by atoms with Crippen molar-refractivity contribution in [3.8, 4) is 5.75 Å². The fourth-order valence-electron chi connectivity index (χ4n) is 1.63. The van der Waals surface area contributed by atoms with Gasteiger partial charge in [-0.15, -0.1) is 0 Å². The molecule has 2 aromatic heterocycles. The van der Waals surface area contributed by atoms with E-state index >= 15 is 0 Å². The van der Waals surface area contributed by atoms with Crippen molar-refractivity contribution in [3.05, 3.63) is 42.0 Å². The summed E-state index contributed by atoms with van der Waals surface area (Å²) < 4.78 is 6.93. The van der Waals surface area contributed by atoms with Crippen LogP contribution in [0.15, 0.2) is 30.7 Å². The third-order valence-corrected chi connectivity index (χ3v) is 2.57. The third-order valence-electron chi connectivity index (χ3n) is 2.57. The molecule has 0 aliphatic heterocycles. The number of nitrogens with zero attached hydrogens (tertiary/aromatic N) is 3. The van der Waals surface area contributed by atoms with Gasteiger partial charge < -0.3 is 9.84 Å². The zero-order valence-corrected chi connectivity index (χ0v) is 9.87. The standard InChI is InChI=1S/C12H15N3O2/c1-3-15-8-9(7-14-15)12(16)11-10(17-2)5-4-6-13-11/h4-8,12,16H,3H2,1-2H3. The molecule has 0 radical (unpaired) electrons. The van der Waals surface area contributed by atoms with Crippen LogP contribution in [0.5, 0.6) is 5.75 Å². The molecule has 2 aromatic rings. The van der Waals surface area contributed by atoms with Crippen LogP contribution >= 0.6 is 0 Å². The molecule has 2 rings (SSSR count). The number of aromatic nitrogens is 3. The predicted molar refractivity (Wildman–Crippen MR) is 62.8 cm³/mol. The maximum Gasteiger partial charge on any atom is 0.143 e. The van der Waals surface area contributed by atoms with Gasteiger partial charge in [0.15, 0.2) is 0 Å². The smallest absolute Gasteiger partial charge is 0.143 e. The first kappa shape index (κ1) is 11.6. The molecule has 2 heterocycles. The largest absolute Gasteiger partial charge is 0.495 e. The molecule has 1 N–H and O–H groups in total. The number of rotatable bonds is 4. The molecule has 0 aliphatic carbocycles. The molecule has 0 saturated carbocycles. The number of aliphatic hydroxyl groups is 1. The highest BCUT2D eigenvalue weighted by atomic mass is 16.5. The van der Waals surface area contributed by atoms with Gasteiger partial charge in [-0.3, -0.25) is 9.67 Å². The molecule has 0 saturated heterocycles. The molecule has 90 valence electrons. The van der Waals surface area contributed by atoms with Crippen molar-refractivity contribution in [2.45, 2.75) is 19.6 Å². The third kappa shape index (κ3) is 2.29. The van der Waals surface area contributed by atoms with Crippen LogP contribution in [0.25, 0.3) is 0 Å². The van der Waals surface area contributed by atoms with Crippen LogP contribution in [0.4, 0.5) is 0 Å². The Labute approximate surface area is 99.7 Å². The summed E-state index contributed by atoms with van der Waals surface area (Å²) in [5, 5.41) is 14.3. The highest BCUT2D eigenvalue weighted by molar-refractivity contribution is 5.33.